The highest BCUT2D eigenvalue weighted by Gasteiger charge is 2.34. The van der Waals surface area contributed by atoms with Gasteiger partial charge in [0.15, 0.2) is 4.80 Å². The third kappa shape index (κ3) is 5.21. The fourth-order valence-electron chi connectivity index (χ4n) is 4.76. The first-order valence-electron chi connectivity index (χ1n) is 12.7. The van der Waals surface area contributed by atoms with Crippen LogP contribution in [0.25, 0.3) is 17.4 Å². The lowest BCUT2D eigenvalue weighted by molar-refractivity contribution is -0.127. The highest BCUT2D eigenvalue weighted by Crippen LogP contribution is 2.32. The molecule has 2 aromatic heterocycles. The summed E-state index contributed by atoms with van der Waals surface area (Å²) in [5.74, 6) is 1.12. The molecule has 1 aliphatic heterocycles. The molecule has 3 heterocycles. The number of fused-ring (bicyclic) bond motifs is 1. The summed E-state index contributed by atoms with van der Waals surface area (Å²) in [4.78, 5) is 34.6. The quantitative estimate of drug-likeness (QED) is 0.261. The smallest absolute Gasteiger partial charge is 0.271 e. The van der Waals surface area contributed by atoms with Gasteiger partial charge in [0.2, 0.25) is 0 Å². The molecule has 1 atom stereocenters. The van der Waals surface area contributed by atoms with E-state index in [9.17, 15) is 9.59 Å². The van der Waals surface area contributed by atoms with Gasteiger partial charge in [0.1, 0.15) is 11.5 Å². The molecule has 0 bridgehead atoms. The minimum absolute atomic E-state index is 0.130. The Morgan fingerprint density at radius 3 is 2.51 bits per heavy atom. The Bertz CT molecular complexity index is 1780. The Balaban J connectivity index is 1.64. The lowest BCUT2D eigenvalue weighted by atomic mass is 9.94. The Morgan fingerprint density at radius 2 is 1.85 bits per heavy atom. The molecule has 0 fully saturated rings. The normalized spacial score (nSPS) is 15.3. The summed E-state index contributed by atoms with van der Waals surface area (Å²) in [6.07, 6.45) is 1.74. The van der Waals surface area contributed by atoms with E-state index in [4.69, 9.17) is 21.0 Å². The van der Waals surface area contributed by atoms with Crippen LogP contribution in [0.1, 0.15) is 43.7 Å². The van der Waals surface area contributed by atoms with Crippen LogP contribution in [0.2, 0.25) is 5.02 Å². The van der Waals surface area contributed by atoms with E-state index in [1.54, 1.807) is 27.7 Å². The maximum absolute atomic E-state index is 13.9. The summed E-state index contributed by atoms with van der Waals surface area (Å²) in [7, 11) is 0. The first-order valence-corrected chi connectivity index (χ1v) is 14.6. The minimum Gasteiger partial charge on any atom is -0.457 e. The number of hydrogen-bond donors (Lipinski definition) is 0. The van der Waals surface area contributed by atoms with Crippen LogP contribution >= 0.6 is 38.9 Å². The molecule has 5 rings (SSSR count). The first-order chi connectivity index (χ1) is 18.7. The Labute approximate surface area is 243 Å². The van der Waals surface area contributed by atoms with E-state index in [-0.39, 0.29) is 11.5 Å². The molecule has 1 aliphatic rings. The molecular formula is C30H27BrClN3O3S. The minimum atomic E-state index is -0.621. The van der Waals surface area contributed by atoms with Crippen molar-refractivity contribution in [3.63, 3.8) is 0 Å². The van der Waals surface area contributed by atoms with E-state index in [1.165, 1.54) is 11.3 Å². The zero-order valence-electron chi connectivity index (χ0n) is 22.0. The Hall–Kier alpha value is -3.20. The van der Waals surface area contributed by atoms with Gasteiger partial charge in [-0.25, -0.2) is 4.99 Å². The third-order valence-corrected chi connectivity index (χ3v) is 8.67. The van der Waals surface area contributed by atoms with Gasteiger partial charge in [-0.15, -0.1) is 0 Å². The van der Waals surface area contributed by atoms with E-state index in [0.717, 1.165) is 21.2 Å². The molecule has 200 valence electrons. The summed E-state index contributed by atoms with van der Waals surface area (Å²) < 4.78 is 9.13. The number of halogens is 2. The van der Waals surface area contributed by atoms with Crippen molar-refractivity contribution in [2.45, 2.75) is 33.7 Å². The number of likely N-dealkylation sites (N-methyl/N-ethyl adjacent to an activating group) is 1. The zero-order chi connectivity index (χ0) is 27.8. The number of benzene rings is 2. The topological polar surface area (TPSA) is 67.8 Å². The third-order valence-electron chi connectivity index (χ3n) is 6.78. The number of nitrogens with zero attached hydrogens (tertiary/aromatic N) is 3. The maximum atomic E-state index is 13.9. The average molecular weight is 625 g/mol. The summed E-state index contributed by atoms with van der Waals surface area (Å²) in [6, 6.07) is 16.4. The molecule has 6 nitrogen and oxygen atoms in total. The fraction of sp³-hybridized carbons (Fsp3) is 0.233. The number of amides is 1. The zero-order valence-corrected chi connectivity index (χ0v) is 25.2. The van der Waals surface area contributed by atoms with Crippen LogP contribution in [0.15, 0.2) is 84.5 Å². The molecule has 0 unspecified atom stereocenters. The maximum Gasteiger partial charge on any atom is 0.271 e. The van der Waals surface area contributed by atoms with Gasteiger partial charge in [-0.2, -0.15) is 0 Å². The first kappa shape index (κ1) is 27.4. The van der Waals surface area contributed by atoms with Gasteiger partial charge in [0.25, 0.3) is 11.5 Å². The molecule has 4 aromatic rings. The van der Waals surface area contributed by atoms with Crippen molar-refractivity contribution in [1.82, 2.24) is 9.47 Å². The van der Waals surface area contributed by atoms with Crippen LogP contribution in [0.3, 0.4) is 0 Å². The van der Waals surface area contributed by atoms with Crippen molar-refractivity contribution in [3.05, 3.63) is 112 Å². The van der Waals surface area contributed by atoms with Gasteiger partial charge in [-0.3, -0.25) is 14.2 Å². The van der Waals surface area contributed by atoms with Gasteiger partial charge >= 0.3 is 0 Å². The number of furan rings is 1. The fourth-order valence-corrected chi connectivity index (χ4v) is 6.60. The highest BCUT2D eigenvalue weighted by molar-refractivity contribution is 9.10. The largest absolute Gasteiger partial charge is 0.457 e. The number of aromatic nitrogens is 1. The highest BCUT2D eigenvalue weighted by atomic mass is 79.9. The summed E-state index contributed by atoms with van der Waals surface area (Å²) >= 11 is 11.1. The van der Waals surface area contributed by atoms with Crippen LogP contribution in [-0.4, -0.2) is 28.5 Å². The second-order valence-corrected chi connectivity index (χ2v) is 11.6. The summed E-state index contributed by atoms with van der Waals surface area (Å²) in [5, 5.41) is 0.581. The summed E-state index contributed by atoms with van der Waals surface area (Å²) in [6.45, 7) is 8.85. The van der Waals surface area contributed by atoms with E-state index >= 15 is 0 Å². The van der Waals surface area contributed by atoms with Gasteiger partial charge in [-0.1, -0.05) is 57.1 Å². The number of hydrogen-bond acceptors (Lipinski definition) is 5. The molecule has 0 radical (unpaired) electrons. The number of carbonyl (C=O) groups is 1. The average Bonchev–Trinajstić information content (AvgIpc) is 3.48. The number of aryl methyl sites for hydroxylation is 1. The molecule has 2 aromatic carbocycles. The van der Waals surface area contributed by atoms with Crippen molar-refractivity contribution < 1.29 is 9.21 Å². The standard InChI is InChI=1S/C30H27BrClN3O3S/c1-5-34(6-2)29(37)26-18(4)33-30-35(27(26)19-8-10-20(32)11-9-19)28(36)25(39-30)16-21-12-14-24(38-21)22-13-7-17(3)15-23(22)31/h7-16,27H,5-6H2,1-4H3/b25-16+/t27-/m1/s1. The van der Waals surface area contributed by atoms with Crippen LogP contribution in [0.5, 0.6) is 0 Å². The number of thiazole rings is 1. The predicted molar refractivity (Wildman–Crippen MR) is 160 cm³/mol. The number of rotatable bonds is 6. The SMILES string of the molecule is CCN(CC)C(=O)C1=C(C)N=c2s/c(=C/c3ccc(-c4ccc(C)cc4Br)o3)c(=O)n2[C@@H]1c1ccc(Cl)cc1. The molecule has 0 saturated heterocycles. The number of allylic oxidation sites excluding steroid dienone is 1. The van der Waals surface area contributed by atoms with E-state index in [2.05, 4.69) is 15.9 Å². The van der Waals surface area contributed by atoms with Gasteiger partial charge in [-0.05, 0) is 75.2 Å². The second kappa shape index (κ2) is 11.1. The van der Waals surface area contributed by atoms with E-state index in [1.807, 2.05) is 70.2 Å². The monoisotopic (exact) mass is 623 g/mol. The molecule has 0 aliphatic carbocycles. The van der Waals surface area contributed by atoms with Crippen molar-refractivity contribution >= 4 is 50.9 Å². The second-order valence-electron chi connectivity index (χ2n) is 9.30. The van der Waals surface area contributed by atoms with Crippen LogP contribution in [0, 0.1) is 6.92 Å². The van der Waals surface area contributed by atoms with Crippen molar-refractivity contribution in [1.29, 1.82) is 0 Å². The van der Waals surface area contributed by atoms with Gasteiger partial charge in [0, 0.05) is 34.2 Å². The molecule has 0 saturated carbocycles. The van der Waals surface area contributed by atoms with Crippen LogP contribution in [0.4, 0.5) is 0 Å². The van der Waals surface area contributed by atoms with E-state index < -0.39 is 6.04 Å². The molecule has 0 spiro atoms. The Kier molecular flexibility index (Phi) is 7.80. The number of carbonyl (C=O) groups excluding carboxylic acids is 1. The van der Waals surface area contributed by atoms with Crippen molar-refractivity contribution in [3.8, 4) is 11.3 Å². The molecule has 39 heavy (non-hydrogen) atoms. The molecular weight excluding hydrogens is 598 g/mol. The molecule has 9 heteroatoms. The van der Waals surface area contributed by atoms with E-state index in [0.29, 0.717) is 50.2 Å². The van der Waals surface area contributed by atoms with Crippen LogP contribution < -0.4 is 14.9 Å². The van der Waals surface area contributed by atoms with Gasteiger partial charge in [0.05, 0.1) is 21.8 Å². The molecule has 0 N–H and O–H groups in total. The van der Waals surface area contributed by atoms with Gasteiger partial charge < -0.3 is 9.32 Å². The van der Waals surface area contributed by atoms with Crippen molar-refractivity contribution in [2.75, 3.05) is 13.1 Å². The Morgan fingerprint density at radius 1 is 1.13 bits per heavy atom. The van der Waals surface area contributed by atoms with Crippen molar-refractivity contribution in [2.24, 2.45) is 4.99 Å². The predicted octanol–water partition coefficient (Wildman–Crippen LogP) is 6.09. The lowest BCUT2D eigenvalue weighted by Gasteiger charge is -2.29. The molecule has 1 amide bonds. The summed E-state index contributed by atoms with van der Waals surface area (Å²) in [5.41, 5.74) is 3.73. The lowest BCUT2D eigenvalue weighted by Crippen LogP contribution is -2.43. The van der Waals surface area contributed by atoms with Crippen LogP contribution in [-0.2, 0) is 4.79 Å².